The molecule has 4 heteroatoms. The molecule has 0 atom stereocenters. The molecule has 0 aromatic rings. The van der Waals surface area contributed by atoms with Crippen LogP contribution in [0.3, 0.4) is 0 Å². The molecule has 54 valence electrons. The van der Waals surface area contributed by atoms with Gasteiger partial charge in [-0.3, -0.25) is 4.79 Å². The van der Waals surface area contributed by atoms with E-state index in [-0.39, 0.29) is 53.6 Å². The van der Waals surface area contributed by atoms with Crippen molar-refractivity contribution in [1.82, 2.24) is 0 Å². The molecule has 0 amide bonds. The van der Waals surface area contributed by atoms with Gasteiger partial charge in [-0.25, -0.2) is 0 Å². The average molecular weight is 162 g/mol. The van der Waals surface area contributed by atoms with Gasteiger partial charge in [0.15, 0.2) is 0 Å². The molecule has 0 bridgehead atoms. The van der Waals surface area contributed by atoms with E-state index in [4.69, 9.17) is 10.2 Å². The van der Waals surface area contributed by atoms with Crippen LogP contribution in [0, 0.1) is 0 Å². The predicted octanol–water partition coefficient (Wildman–Crippen LogP) is 0.324. The maximum atomic E-state index is 9.37. The Morgan fingerprint density at radius 2 is 1.67 bits per heavy atom. The minimum Gasteiger partial charge on any atom is -1.00 e. The van der Waals surface area contributed by atoms with Crippen molar-refractivity contribution in [3.05, 3.63) is 0 Å². The molecule has 0 rings (SSSR count). The summed E-state index contributed by atoms with van der Waals surface area (Å²) in [7, 11) is 0. The number of hydrogen-bond donors (Lipinski definition) is 2. The quantitative estimate of drug-likeness (QED) is 0.546. The largest absolute Gasteiger partial charge is 2.00 e. The SMILES string of the molecule is CCC(=O)O.CCO.[Ca+2].[H-].[H-]. The van der Waals surface area contributed by atoms with Crippen LogP contribution in [0.5, 0.6) is 0 Å². The molecule has 0 aliphatic carbocycles. The molecule has 0 saturated heterocycles. The Morgan fingerprint density at radius 1 is 1.56 bits per heavy atom. The van der Waals surface area contributed by atoms with Crippen LogP contribution in [0.1, 0.15) is 23.1 Å². The van der Waals surface area contributed by atoms with Crippen molar-refractivity contribution in [3.63, 3.8) is 0 Å². The molecule has 0 radical (unpaired) electrons. The van der Waals surface area contributed by atoms with E-state index >= 15 is 0 Å². The molecule has 0 aromatic heterocycles. The summed E-state index contributed by atoms with van der Waals surface area (Å²) in [4.78, 5) is 9.37. The van der Waals surface area contributed by atoms with Gasteiger partial charge in [0.2, 0.25) is 0 Å². The molecule has 0 aromatic carbocycles. The summed E-state index contributed by atoms with van der Waals surface area (Å²) in [5.41, 5.74) is 0. The summed E-state index contributed by atoms with van der Waals surface area (Å²) >= 11 is 0. The minimum absolute atomic E-state index is 0. The summed E-state index contributed by atoms with van der Waals surface area (Å²) in [6.07, 6.45) is 0.222. The molecular formula is C5H14CaO3. The fraction of sp³-hybridized carbons (Fsp3) is 0.800. The van der Waals surface area contributed by atoms with E-state index in [1.165, 1.54) is 0 Å². The number of aliphatic hydroxyl groups is 1. The van der Waals surface area contributed by atoms with Crippen LogP contribution in [-0.4, -0.2) is 60.5 Å². The van der Waals surface area contributed by atoms with E-state index in [1.807, 2.05) is 0 Å². The predicted molar refractivity (Wildman–Crippen MR) is 38.7 cm³/mol. The van der Waals surface area contributed by atoms with E-state index in [0.717, 1.165) is 0 Å². The Balaban J connectivity index is -0.0000000183. The molecule has 3 nitrogen and oxygen atoms in total. The molecule has 0 unspecified atom stereocenters. The molecular weight excluding hydrogens is 148 g/mol. The Morgan fingerprint density at radius 3 is 1.67 bits per heavy atom. The molecule has 0 saturated carbocycles. The number of aliphatic hydroxyl groups excluding tert-OH is 1. The molecule has 0 aliphatic heterocycles. The summed E-state index contributed by atoms with van der Waals surface area (Å²) in [5, 5.41) is 15.3. The fourth-order valence-electron chi connectivity index (χ4n) is 0. The van der Waals surface area contributed by atoms with Gasteiger partial charge in [0.1, 0.15) is 0 Å². The Labute approximate surface area is 88.0 Å². The van der Waals surface area contributed by atoms with E-state index in [0.29, 0.717) is 0 Å². The number of carboxylic acids is 1. The smallest absolute Gasteiger partial charge is 1.00 e. The van der Waals surface area contributed by atoms with Crippen LogP contribution >= 0.6 is 0 Å². The summed E-state index contributed by atoms with van der Waals surface area (Å²) in [5.74, 6) is -0.745. The monoisotopic (exact) mass is 162 g/mol. The standard InChI is InChI=1S/C3H6O2.C2H6O.Ca.2H/c1-2-3(4)5;1-2-3;;;/h2H2,1H3,(H,4,5);3H,2H2,1H3;;;/q;;+2;2*-1. The van der Waals surface area contributed by atoms with Crippen molar-refractivity contribution in [2.75, 3.05) is 6.61 Å². The summed E-state index contributed by atoms with van der Waals surface area (Å²) in [6, 6.07) is 0. The molecule has 0 heterocycles. The number of carboxylic acid groups (broad SMARTS) is 1. The van der Waals surface area contributed by atoms with Crippen molar-refractivity contribution in [1.29, 1.82) is 0 Å². The van der Waals surface area contributed by atoms with Crippen LogP contribution in [0.4, 0.5) is 0 Å². The van der Waals surface area contributed by atoms with Crippen LogP contribution in [-0.2, 0) is 4.79 Å². The van der Waals surface area contributed by atoms with Gasteiger partial charge in [0.25, 0.3) is 0 Å². The number of rotatable bonds is 1. The second-order valence-electron chi connectivity index (χ2n) is 1.06. The maximum Gasteiger partial charge on any atom is 2.00 e. The fourth-order valence-corrected chi connectivity index (χ4v) is 0. The zero-order valence-corrected chi connectivity index (χ0v) is 8.13. The van der Waals surface area contributed by atoms with E-state index < -0.39 is 5.97 Å². The van der Waals surface area contributed by atoms with Crippen LogP contribution < -0.4 is 0 Å². The van der Waals surface area contributed by atoms with Crippen LogP contribution in [0.25, 0.3) is 0 Å². The van der Waals surface area contributed by atoms with Crippen LogP contribution in [0.2, 0.25) is 0 Å². The van der Waals surface area contributed by atoms with E-state index in [1.54, 1.807) is 13.8 Å². The molecule has 0 fully saturated rings. The second-order valence-corrected chi connectivity index (χ2v) is 1.06. The third-order valence-corrected chi connectivity index (χ3v) is 0.302. The van der Waals surface area contributed by atoms with Gasteiger partial charge >= 0.3 is 43.7 Å². The third kappa shape index (κ3) is 53.8. The second kappa shape index (κ2) is 15.9. The van der Waals surface area contributed by atoms with Gasteiger partial charge in [-0.1, -0.05) is 6.92 Å². The summed E-state index contributed by atoms with van der Waals surface area (Å²) in [6.45, 7) is 3.53. The topological polar surface area (TPSA) is 57.5 Å². The van der Waals surface area contributed by atoms with Gasteiger partial charge in [0.05, 0.1) is 0 Å². The normalized spacial score (nSPS) is 6.11. The molecule has 9 heavy (non-hydrogen) atoms. The first-order chi connectivity index (χ1) is 3.68. The van der Waals surface area contributed by atoms with Gasteiger partial charge in [-0.2, -0.15) is 0 Å². The number of hydrogen-bond acceptors (Lipinski definition) is 2. The first kappa shape index (κ1) is 16.3. The average Bonchev–Trinajstić information content (AvgIpc) is 1.69. The maximum absolute atomic E-state index is 9.37. The zero-order chi connectivity index (χ0) is 6.99. The van der Waals surface area contributed by atoms with Gasteiger partial charge in [0, 0.05) is 13.0 Å². The Bertz CT molecular complexity index is 63.7. The van der Waals surface area contributed by atoms with Gasteiger partial charge in [-0.05, 0) is 6.92 Å². The molecule has 2 N–H and O–H groups in total. The van der Waals surface area contributed by atoms with Crippen LogP contribution in [0.15, 0.2) is 0 Å². The first-order valence-corrected chi connectivity index (χ1v) is 2.51. The molecule has 0 spiro atoms. The summed E-state index contributed by atoms with van der Waals surface area (Å²) < 4.78 is 0. The van der Waals surface area contributed by atoms with Crippen molar-refractivity contribution >= 4 is 43.7 Å². The van der Waals surface area contributed by atoms with Crippen molar-refractivity contribution in [2.45, 2.75) is 20.3 Å². The third-order valence-electron chi connectivity index (χ3n) is 0.302. The van der Waals surface area contributed by atoms with Crippen molar-refractivity contribution in [3.8, 4) is 0 Å². The zero-order valence-electron chi connectivity index (χ0n) is 7.92. The van der Waals surface area contributed by atoms with E-state index in [2.05, 4.69) is 0 Å². The van der Waals surface area contributed by atoms with Gasteiger partial charge in [-0.15, -0.1) is 0 Å². The van der Waals surface area contributed by atoms with E-state index in [9.17, 15) is 4.79 Å². The Kier molecular flexibility index (Phi) is 28.8. The number of carbonyl (C=O) groups is 1. The van der Waals surface area contributed by atoms with Crippen molar-refractivity contribution < 1.29 is 17.9 Å². The number of aliphatic carboxylic acids is 1. The van der Waals surface area contributed by atoms with Gasteiger partial charge < -0.3 is 13.1 Å². The first-order valence-electron chi connectivity index (χ1n) is 2.51. The minimum atomic E-state index is -0.745. The molecule has 0 aliphatic rings. The Hall–Kier alpha value is 0.690. The van der Waals surface area contributed by atoms with Crippen molar-refractivity contribution in [2.24, 2.45) is 0 Å².